The molecule has 0 unspecified atom stereocenters. The molecule has 3 aliphatic heterocycles. The first-order chi connectivity index (χ1) is 20.2. The van der Waals surface area contributed by atoms with Gasteiger partial charge in [0.2, 0.25) is 0 Å². The van der Waals surface area contributed by atoms with E-state index in [1.54, 1.807) is 7.11 Å². The predicted molar refractivity (Wildman–Crippen MR) is 168 cm³/mol. The third-order valence-electron chi connectivity index (χ3n) is 8.30. The quantitative estimate of drug-likeness (QED) is 0.259. The Morgan fingerprint density at radius 3 is 2.00 bits per heavy atom. The Balaban J connectivity index is 1.29. The number of nitrogens with one attached hydrogen (secondary N) is 1. The number of carbonyl (C=O) groups is 1. The number of amides is 1. The van der Waals surface area contributed by atoms with Crippen molar-refractivity contribution in [1.29, 1.82) is 0 Å². The standard InChI is InChI=1S/C35H31N3O2S/c1-40-27-14-12-23(13-15-27)20-32-34(39)37-35(41-32)36-26-21-30-28(24-8-4-2-5-9-24)16-18-38-19-17-29(31(22-26)33(30)38)25-10-6-3-7-11-25/h2-15,20-22,28-29H,16-19H2,1H3,(H,36,37,39)/b32-20-/t28-,29+. The largest absolute Gasteiger partial charge is 0.497 e. The summed E-state index contributed by atoms with van der Waals surface area (Å²) < 4.78 is 5.26. The Kier molecular flexibility index (Phi) is 6.85. The molecule has 41 heavy (non-hydrogen) atoms. The minimum Gasteiger partial charge on any atom is -0.497 e. The molecule has 1 amide bonds. The lowest BCUT2D eigenvalue weighted by atomic mass is 9.76. The molecule has 5 nitrogen and oxygen atoms in total. The van der Waals surface area contributed by atoms with Gasteiger partial charge in [-0.05, 0) is 82.8 Å². The number of rotatable bonds is 5. The van der Waals surface area contributed by atoms with Crippen LogP contribution < -0.4 is 15.0 Å². The van der Waals surface area contributed by atoms with Crippen molar-refractivity contribution in [2.45, 2.75) is 24.7 Å². The molecule has 7 rings (SSSR count). The fourth-order valence-electron chi connectivity index (χ4n) is 6.35. The number of anilines is 1. The van der Waals surface area contributed by atoms with Crippen LogP contribution in [0, 0.1) is 0 Å². The topological polar surface area (TPSA) is 53.9 Å². The van der Waals surface area contributed by atoms with Crippen molar-refractivity contribution in [3.63, 3.8) is 0 Å². The molecule has 0 aromatic heterocycles. The van der Waals surface area contributed by atoms with Crippen LogP contribution in [-0.4, -0.2) is 31.3 Å². The number of nitrogens with zero attached hydrogens (tertiary/aromatic N) is 2. The maximum atomic E-state index is 12.9. The van der Waals surface area contributed by atoms with E-state index in [0.717, 1.165) is 42.9 Å². The van der Waals surface area contributed by atoms with Gasteiger partial charge in [-0.3, -0.25) is 4.79 Å². The van der Waals surface area contributed by atoms with Gasteiger partial charge < -0.3 is 15.0 Å². The maximum absolute atomic E-state index is 12.9. The van der Waals surface area contributed by atoms with Crippen LogP contribution in [0.3, 0.4) is 0 Å². The summed E-state index contributed by atoms with van der Waals surface area (Å²) in [7, 11) is 1.65. The minimum absolute atomic E-state index is 0.126. The number of benzene rings is 4. The van der Waals surface area contributed by atoms with E-state index in [0.29, 0.717) is 21.9 Å². The molecule has 6 heteroatoms. The molecule has 3 heterocycles. The van der Waals surface area contributed by atoms with E-state index >= 15 is 0 Å². The average molecular weight is 558 g/mol. The molecule has 0 spiro atoms. The molecule has 2 atom stereocenters. The van der Waals surface area contributed by atoms with Gasteiger partial charge in [-0.2, -0.15) is 0 Å². The summed E-state index contributed by atoms with van der Waals surface area (Å²) in [6.07, 6.45) is 4.05. The number of ether oxygens (including phenoxy) is 1. The smallest absolute Gasteiger partial charge is 0.264 e. The van der Waals surface area contributed by atoms with Gasteiger partial charge in [0.05, 0.1) is 17.7 Å². The number of thioether (sulfide) groups is 1. The van der Waals surface area contributed by atoms with Crippen LogP contribution in [0.2, 0.25) is 0 Å². The number of methoxy groups -OCH3 is 1. The van der Waals surface area contributed by atoms with E-state index in [-0.39, 0.29) is 5.91 Å². The van der Waals surface area contributed by atoms with E-state index in [4.69, 9.17) is 9.73 Å². The molecule has 1 saturated heterocycles. The molecule has 0 saturated carbocycles. The lowest BCUT2D eigenvalue weighted by Crippen LogP contribution is -2.37. The third-order valence-corrected chi connectivity index (χ3v) is 9.20. The molecule has 1 N–H and O–H groups in total. The highest BCUT2D eigenvalue weighted by molar-refractivity contribution is 8.18. The van der Waals surface area contributed by atoms with Crippen LogP contribution in [0.15, 0.2) is 107 Å². The molecular weight excluding hydrogens is 526 g/mol. The second-order valence-corrected chi connectivity index (χ2v) is 11.7. The number of amidine groups is 1. The van der Waals surface area contributed by atoms with Gasteiger partial charge in [-0.1, -0.05) is 72.8 Å². The van der Waals surface area contributed by atoms with Gasteiger partial charge in [0, 0.05) is 30.6 Å². The summed E-state index contributed by atoms with van der Waals surface area (Å²) >= 11 is 1.39. The van der Waals surface area contributed by atoms with Gasteiger partial charge in [-0.15, -0.1) is 0 Å². The van der Waals surface area contributed by atoms with E-state index in [1.807, 2.05) is 30.3 Å². The summed E-state index contributed by atoms with van der Waals surface area (Å²) in [5, 5.41) is 3.60. The summed E-state index contributed by atoms with van der Waals surface area (Å²) in [6.45, 7) is 2.11. The van der Waals surface area contributed by atoms with Gasteiger partial charge in [0.1, 0.15) is 5.75 Å². The molecule has 3 aliphatic rings. The summed E-state index contributed by atoms with van der Waals surface area (Å²) in [5.74, 6) is 1.29. The second-order valence-electron chi connectivity index (χ2n) is 10.7. The Morgan fingerprint density at radius 1 is 0.854 bits per heavy atom. The van der Waals surface area contributed by atoms with Crippen LogP contribution in [0.1, 0.15) is 52.5 Å². The normalized spacial score (nSPS) is 21.6. The van der Waals surface area contributed by atoms with Crippen molar-refractivity contribution in [3.8, 4) is 5.75 Å². The predicted octanol–water partition coefficient (Wildman–Crippen LogP) is 7.46. The van der Waals surface area contributed by atoms with E-state index < -0.39 is 0 Å². The first-order valence-corrected chi connectivity index (χ1v) is 14.9. The highest BCUT2D eigenvalue weighted by atomic mass is 32.2. The van der Waals surface area contributed by atoms with Gasteiger partial charge >= 0.3 is 0 Å². The third kappa shape index (κ3) is 5.04. The Labute approximate surface area is 245 Å². The lowest BCUT2D eigenvalue weighted by molar-refractivity contribution is -0.115. The second kappa shape index (κ2) is 10.9. The molecule has 0 radical (unpaired) electrons. The number of aliphatic imine (C=N–C) groups is 1. The zero-order valence-corrected chi connectivity index (χ0v) is 23.7. The zero-order chi connectivity index (χ0) is 27.8. The SMILES string of the molecule is COc1ccc(/C=C2\SC(=Nc3cc4c5c(c3)[C@H](c3ccccc3)CCN5CC[C@@H]4c3ccccc3)NC2=O)cc1. The van der Waals surface area contributed by atoms with Gasteiger partial charge in [-0.25, -0.2) is 4.99 Å². The molecule has 4 aromatic carbocycles. The Morgan fingerprint density at radius 2 is 1.44 bits per heavy atom. The molecule has 204 valence electrons. The highest BCUT2D eigenvalue weighted by Gasteiger charge is 2.35. The maximum Gasteiger partial charge on any atom is 0.264 e. The fourth-order valence-corrected chi connectivity index (χ4v) is 7.20. The summed E-state index contributed by atoms with van der Waals surface area (Å²) in [5.41, 5.74) is 8.56. The van der Waals surface area contributed by atoms with Crippen molar-refractivity contribution in [3.05, 3.63) is 130 Å². The van der Waals surface area contributed by atoms with Crippen molar-refractivity contribution in [2.24, 2.45) is 4.99 Å². The van der Waals surface area contributed by atoms with Crippen LogP contribution in [0.25, 0.3) is 6.08 Å². The first kappa shape index (κ1) is 25.7. The van der Waals surface area contributed by atoms with Crippen LogP contribution >= 0.6 is 11.8 Å². The molecule has 1 fully saturated rings. The molecule has 0 aliphatic carbocycles. The number of hydrogen-bond donors (Lipinski definition) is 1. The zero-order valence-electron chi connectivity index (χ0n) is 22.9. The van der Waals surface area contributed by atoms with Crippen LogP contribution in [0.4, 0.5) is 11.4 Å². The fraction of sp³-hybridized carbons (Fsp3) is 0.200. The van der Waals surface area contributed by atoms with Crippen molar-refractivity contribution >= 4 is 40.3 Å². The van der Waals surface area contributed by atoms with Crippen molar-refractivity contribution in [2.75, 3.05) is 25.1 Å². The average Bonchev–Trinajstić information content (AvgIpc) is 3.36. The first-order valence-electron chi connectivity index (χ1n) is 14.1. The van der Waals surface area contributed by atoms with Gasteiger partial charge in [0.25, 0.3) is 5.91 Å². The summed E-state index contributed by atoms with van der Waals surface area (Å²) in [4.78, 5) is 21.1. The molecule has 0 bridgehead atoms. The lowest BCUT2D eigenvalue weighted by Gasteiger charge is -2.43. The van der Waals surface area contributed by atoms with E-state index in [2.05, 4.69) is 83.0 Å². The van der Waals surface area contributed by atoms with Crippen LogP contribution in [0.5, 0.6) is 5.75 Å². The van der Waals surface area contributed by atoms with Gasteiger partial charge in [0.15, 0.2) is 5.17 Å². The molecule has 4 aromatic rings. The van der Waals surface area contributed by atoms with Crippen LogP contribution in [-0.2, 0) is 4.79 Å². The Bertz CT molecular complexity index is 1580. The van der Waals surface area contributed by atoms with Crippen molar-refractivity contribution < 1.29 is 9.53 Å². The van der Waals surface area contributed by atoms with E-state index in [1.165, 1.54) is 39.7 Å². The summed E-state index contributed by atoms with van der Waals surface area (Å²) in [6, 6.07) is 33.8. The van der Waals surface area contributed by atoms with E-state index in [9.17, 15) is 4.79 Å². The highest BCUT2D eigenvalue weighted by Crippen LogP contribution is 2.50. The minimum atomic E-state index is -0.126. The number of carbonyl (C=O) groups excluding carboxylic acids is 1. The van der Waals surface area contributed by atoms with Crippen molar-refractivity contribution in [1.82, 2.24) is 5.32 Å². The Hall–Kier alpha value is -4.29. The molecular formula is C35H31N3O2S. The number of hydrogen-bond acceptors (Lipinski definition) is 5. The monoisotopic (exact) mass is 557 g/mol.